The maximum atomic E-state index is 12.7. The Hall–Kier alpha value is -0.830. The SMILES string of the molecule is C[C@H](CN)NS(=O)(=O)c1ccccc1C(F)(F)F.Cl. The van der Waals surface area contributed by atoms with Crippen LogP contribution >= 0.6 is 12.4 Å². The smallest absolute Gasteiger partial charge is 0.329 e. The van der Waals surface area contributed by atoms with E-state index in [0.717, 1.165) is 18.2 Å². The molecule has 0 aliphatic rings. The molecule has 0 fully saturated rings. The monoisotopic (exact) mass is 318 g/mol. The van der Waals surface area contributed by atoms with Crippen molar-refractivity contribution in [3.63, 3.8) is 0 Å². The minimum absolute atomic E-state index is 0. The van der Waals surface area contributed by atoms with E-state index in [4.69, 9.17) is 5.73 Å². The molecule has 4 nitrogen and oxygen atoms in total. The first kappa shape index (κ1) is 18.2. The summed E-state index contributed by atoms with van der Waals surface area (Å²) in [7, 11) is -4.24. The maximum absolute atomic E-state index is 12.7. The van der Waals surface area contributed by atoms with Gasteiger partial charge in [-0.25, -0.2) is 13.1 Å². The highest BCUT2D eigenvalue weighted by atomic mass is 35.5. The maximum Gasteiger partial charge on any atom is 0.417 e. The fourth-order valence-electron chi connectivity index (χ4n) is 1.31. The normalized spacial score (nSPS) is 13.7. The van der Waals surface area contributed by atoms with Gasteiger partial charge in [0.15, 0.2) is 0 Å². The van der Waals surface area contributed by atoms with Crippen LogP contribution in [0.3, 0.4) is 0 Å². The summed E-state index contributed by atoms with van der Waals surface area (Å²) in [5, 5.41) is 0. The molecule has 0 amide bonds. The van der Waals surface area contributed by atoms with Gasteiger partial charge < -0.3 is 5.73 Å². The highest BCUT2D eigenvalue weighted by molar-refractivity contribution is 7.89. The lowest BCUT2D eigenvalue weighted by Crippen LogP contribution is -2.38. The highest BCUT2D eigenvalue weighted by Crippen LogP contribution is 2.33. The highest BCUT2D eigenvalue weighted by Gasteiger charge is 2.36. The Morgan fingerprint density at radius 2 is 1.84 bits per heavy atom. The van der Waals surface area contributed by atoms with Gasteiger partial charge in [-0.2, -0.15) is 13.2 Å². The van der Waals surface area contributed by atoms with E-state index in [-0.39, 0.29) is 19.0 Å². The summed E-state index contributed by atoms with van der Waals surface area (Å²) in [5.41, 5.74) is 4.04. The summed E-state index contributed by atoms with van der Waals surface area (Å²) in [6.07, 6.45) is -4.72. The van der Waals surface area contributed by atoms with E-state index in [1.807, 2.05) is 0 Å². The van der Waals surface area contributed by atoms with Crippen molar-refractivity contribution in [2.24, 2.45) is 5.73 Å². The van der Waals surface area contributed by atoms with Crippen LogP contribution in [0.4, 0.5) is 13.2 Å². The third-order valence-corrected chi connectivity index (χ3v) is 3.84. The number of hydrogen-bond donors (Lipinski definition) is 2. The van der Waals surface area contributed by atoms with Gasteiger partial charge in [0.2, 0.25) is 10.0 Å². The number of hydrogen-bond acceptors (Lipinski definition) is 3. The zero-order chi connectivity index (χ0) is 14.0. The summed E-state index contributed by atoms with van der Waals surface area (Å²) < 4.78 is 63.7. The van der Waals surface area contributed by atoms with Gasteiger partial charge in [-0.1, -0.05) is 12.1 Å². The van der Waals surface area contributed by atoms with Gasteiger partial charge in [0, 0.05) is 12.6 Å². The van der Waals surface area contributed by atoms with E-state index in [9.17, 15) is 21.6 Å². The Balaban J connectivity index is 0.00000324. The molecular weight excluding hydrogens is 305 g/mol. The third-order valence-electron chi connectivity index (χ3n) is 2.19. The van der Waals surface area contributed by atoms with E-state index in [1.165, 1.54) is 13.0 Å². The Morgan fingerprint density at radius 1 is 1.32 bits per heavy atom. The molecule has 1 atom stereocenters. The molecule has 0 saturated heterocycles. The summed E-state index contributed by atoms with van der Waals surface area (Å²) in [5.74, 6) is 0. The molecule has 0 radical (unpaired) electrons. The molecule has 0 heterocycles. The summed E-state index contributed by atoms with van der Waals surface area (Å²) >= 11 is 0. The number of rotatable bonds is 4. The number of sulfonamides is 1. The number of alkyl halides is 3. The molecule has 0 aliphatic heterocycles. The zero-order valence-electron chi connectivity index (χ0n) is 9.94. The molecule has 1 aromatic rings. The van der Waals surface area contributed by atoms with Gasteiger partial charge in [-0.15, -0.1) is 12.4 Å². The average molecular weight is 319 g/mol. The van der Waals surface area contributed by atoms with Crippen LogP contribution in [-0.4, -0.2) is 21.0 Å². The number of nitrogens with two attached hydrogens (primary N) is 1. The first-order chi connectivity index (χ1) is 8.18. The minimum Gasteiger partial charge on any atom is -0.329 e. The van der Waals surface area contributed by atoms with Crippen molar-refractivity contribution in [3.8, 4) is 0 Å². The molecule has 0 aromatic heterocycles. The van der Waals surface area contributed by atoms with Crippen molar-refractivity contribution in [1.82, 2.24) is 4.72 Å². The molecule has 1 aromatic carbocycles. The van der Waals surface area contributed by atoms with Crippen LogP contribution in [0.15, 0.2) is 29.2 Å². The van der Waals surface area contributed by atoms with Crippen molar-refractivity contribution in [2.45, 2.75) is 24.0 Å². The van der Waals surface area contributed by atoms with Crippen molar-refractivity contribution in [1.29, 1.82) is 0 Å². The van der Waals surface area contributed by atoms with E-state index >= 15 is 0 Å². The van der Waals surface area contributed by atoms with Crippen LogP contribution in [-0.2, 0) is 16.2 Å². The number of nitrogens with one attached hydrogen (secondary N) is 1. The topological polar surface area (TPSA) is 72.2 Å². The lowest BCUT2D eigenvalue weighted by Gasteiger charge is -2.16. The van der Waals surface area contributed by atoms with Crippen LogP contribution in [0.2, 0.25) is 0 Å². The van der Waals surface area contributed by atoms with Crippen LogP contribution in [0.25, 0.3) is 0 Å². The van der Waals surface area contributed by atoms with Crippen LogP contribution in [0, 0.1) is 0 Å². The first-order valence-corrected chi connectivity index (χ1v) is 6.55. The van der Waals surface area contributed by atoms with E-state index in [2.05, 4.69) is 4.72 Å². The Kier molecular flexibility index (Phi) is 6.27. The van der Waals surface area contributed by atoms with Crippen molar-refractivity contribution >= 4 is 22.4 Å². The van der Waals surface area contributed by atoms with Gasteiger partial charge in [0.1, 0.15) is 0 Å². The molecule has 0 saturated carbocycles. The second-order valence-corrected chi connectivity index (χ2v) is 5.43. The molecule has 0 unspecified atom stereocenters. The van der Waals surface area contributed by atoms with E-state index < -0.39 is 32.7 Å². The Morgan fingerprint density at radius 3 is 2.32 bits per heavy atom. The van der Waals surface area contributed by atoms with Gasteiger partial charge >= 0.3 is 6.18 Å². The molecule has 0 aliphatic carbocycles. The van der Waals surface area contributed by atoms with Crippen molar-refractivity contribution < 1.29 is 21.6 Å². The zero-order valence-corrected chi connectivity index (χ0v) is 11.6. The first-order valence-electron chi connectivity index (χ1n) is 5.07. The van der Waals surface area contributed by atoms with Gasteiger partial charge in [0.05, 0.1) is 10.5 Å². The molecule has 1 rings (SSSR count). The van der Waals surface area contributed by atoms with Crippen LogP contribution in [0.1, 0.15) is 12.5 Å². The summed E-state index contributed by atoms with van der Waals surface area (Å²) in [4.78, 5) is -0.794. The lowest BCUT2D eigenvalue weighted by atomic mass is 10.2. The van der Waals surface area contributed by atoms with Gasteiger partial charge in [0.25, 0.3) is 0 Å². The molecule has 0 spiro atoms. The summed E-state index contributed by atoms with van der Waals surface area (Å²) in [6, 6.07) is 3.36. The molecular formula is C10H14ClF3N2O2S. The number of halogens is 4. The van der Waals surface area contributed by atoms with Crippen LogP contribution < -0.4 is 10.5 Å². The molecule has 9 heteroatoms. The largest absolute Gasteiger partial charge is 0.417 e. The molecule has 3 N–H and O–H groups in total. The molecule has 110 valence electrons. The Labute approximate surface area is 115 Å². The van der Waals surface area contributed by atoms with E-state index in [0.29, 0.717) is 0 Å². The molecule has 19 heavy (non-hydrogen) atoms. The van der Waals surface area contributed by atoms with Crippen molar-refractivity contribution in [2.75, 3.05) is 6.54 Å². The standard InChI is InChI=1S/C10H13F3N2O2S.ClH/c1-7(6-14)15-18(16,17)9-5-3-2-4-8(9)10(11,12)13;/h2-5,7,15H,6,14H2,1H3;1H/t7-;/m1./s1. The van der Waals surface area contributed by atoms with E-state index in [1.54, 1.807) is 0 Å². The molecule has 0 bridgehead atoms. The fraction of sp³-hybridized carbons (Fsp3) is 0.400. The van der Waals surface area contributed by atoms with Gasteiger partial charge in [-0.05, 0) is 19.1 Å². The quantitative estimate of drug-likeness (QED) is 0.888. The predicted octanol–water partition coefficient (Wildman–Crippen LogP) is 1.75. The van der Waals surface area contributed by atoms with Gasteiger partial charge in [-0.3, -0.25) is 0 Å². The minimum atomic E-state index is -4.72. The van der Waals surface area contributed by atoms with Crippen molar-refractivity contribution in [3.05, 3.63) is 29.8 Å². The summed E-state index contributed by atoms with van der Waals surface area (Å²) in [6.45, 7) is 1.46. The second kappa shape index (κ2) is 6.56. The average Bonchev–Trinajstić information content (AvgIpc) is 2.27. The number of benzene rings is 1. The Bertz CT molecular complexity index is 520. The fourth-order valence-corrected chi connectivity index (χ4v) is 2.80. The predicted molar refractivity (Wildman–Crippen MR) is 67.5 cm³/mol. The third kappa shape index (κ3) is 4.64. The second-order valence-electron chi connectivity index (χ2n) is 3.75. The lowest BCUT2D eigenvalue weighted by molar-refractivity contribution is -0.139. The van der Waals surface area contributed by atoms with Crippen LogP contribution in [0.5, 0.6) is 0 Å².